The minimum atomic E-state index is -4.46. The standard InChI is InChI=1S/C12H13ClF3N3O/c1-17-19-11(4-5-11)10(20)18-9-3-2-7(6-8(9)13)12(14,15)16/h2-3,6,17,19H,4-5H2,1H3,(H,18,20). The van der Waals surface area contributed by atoms with Gasteiger partial charge in [-0.05, 0) is 38.1 Å². The molecule has 0 aromatic heterocycles. The molecule has 0 spiro atoms. The predicted molar refractivity (Wildman–Crippen MR) is 69.2 cm³/mol. The van der Waals surface area contributed by atoms with Gasteiger partial charge < -0.3 is 5.32 Å². The lowest BCUT2D eigenvalue weighted by Gasteiger charge is -2.17. The highest BCUT2D eigenvalue weighted by Crippen LogP contribution is 2.38. The van der Waals surface area contributed by atoms with E-state index in [-0.39, 0.29) is 16.6 Å². The average Bonchev–Trinajstić information content (AvgIpc) is 3.12. The van der Waals surface area contributed by atoms with E-state index in [1.807, 2.05) is 0 Å². The zero-order valence-corrected chi connectivity index (χ0v) is 11.3. The average molecular weight is 308 g/mol. The summed E-state index contributed by atoms with van der Waals surface area (Å²) in [6.45, 7) is 0. The lowest BCUT2D eigenvalue weighted by molar-refractivity contribution is -0.137. The van der Waals surface area contributed by atoms with Crippen LogP contribution in [0.4, 0.5) is 18.9 Å². The molecule has 1 amide bonds. The number of hydrazine groups is 1. The Labute approximate surface area is 118 Å². The van der Waals surface area contributed by atoms with Crippen molar-refractivity contribution in [3.63, 3.8) is 0 Å². The first-order valence-corrected chi connectivity index (χ1v) is 6.28. The van der Waals surface area contributed by atoms with E-state index in [1.54, 1.807) is 7.05 Å². The molecule has 0 unspecified atom stereocenters. The highest BCUT2D eigenvalue weighted by molar-refractivity contribution is 6.33. The molecule has 0 saturated heterocycles. The number of alkyl halides is 3. The summed E-state index contributed by atoms with van der Waals surface area (Å²) < 4.78 is 37.5. The van der Waals surface area contributed by atoms with Crippen LogP contribution in [-0.4, -0.2) is 18.5 Å². The third kappa shape index (κ3) is 3.05. The van der Waals surface area contributed by atoms with E-state index in [0.717, 1.165) is 18.2 Å². The smallest absolute Gasteiger partial charge is 0.323 e. The van der Waals surface area contributed by atoms with Gasteiger partial charge in [0.05, 0.1) is 16.3 Å². The molecule has 20 heavy (non-hydrogen) atoms. The minimum absolute atomic E-state index is 0.145. The van der Waals surface area contributed by atoms with Crippen LogP contribution in [-0.2, 0) is 11.0 Å². The highest BCUT2D eigenvalue weighted by atomic mass is 35.5. The van der Waals surface area contributed by atoms with Crippen LogP contribution in [0.2, 0.25) is 5.02 Å². The molecule has 1 saturated carbocycles. The number of benzene rings is 1. The molecule has 1 aromatic rings. The molecule has 0 heterocycles. The van der Waals surface area contributed by atoms with Gasteiger partial charge in [-0.2, -0.15) is 13.2 Å². The van der Waals surface area contributed by atoms with E-state index in [0.29, 0.717) is 12.8 Å². The van der Waals surface area contributed by atoms with Crippen LogP contribution in [0.15, 0.2) is 18.2 Å². The van der Waals surface area contributed by atoms with E-state index in [9.17, 15) is 18.0 Å². The third-order valence-electron chi connectivity index (χ3n) is 3.09. The third-order valence-corrected chi connectivity index (χ3v) is 3.41. The quantitative estimate of drug-likeness (QED) is 0.749. The number of amides is 1. The van der Waals surface area contributed by atoms with Gasteiger partial charge in [0.2, 0.25) is 5.91 Å². The monoisotopic (exact) mass is 307 g/mol. The molecule has 0 aliphatic heterocycles. The Bertz CT molecular complexity index is 529. The second-order valence-corrected chi connectivity index (χ2v) is 5.01. The number of halogens is 4. The summed E-state index contributed by atoms with van der Waals surface area (Å²) in [4.78, 5) is 12.0. The molecule has 1 aromatic carbocycles. The SMILES string of the molecule is CNNC1(C(=O)Nc2ccc(C(F)(F)F)cc2Cl)CC1. The second-order valence-electron chi connectivity index (χ2n) is 4.60. The normalized spacial score (nSPS) is 16.9. The maximum atomic E-state index is 12.5. The number of carbonyl (C=O) groups is 1. The summed E-state index contributed by atoms with van der Waals surface area (Å²) >= 11 is 5.78. The Morgan fingerprint density at radius 3 is 2.45 bits per heavy atom. The maximum absolute atomic E-state index is 12.5. The minimum Gasteiger partial charge on any atom is -0.323 e. The lowest BCUT2D eigenvalue weighted by Crippen LogP contribution is -2.48. The Kier molecular flexibility index (Phi) is 3.95. The largest absolute Gasteiger partial charge is 0.416 e. The molecule has 1 aliphatic rings. The molecule has 1 fully saturated rings. The first-order chi connectivity index (χ1) is 9.28. The molecule has 2 rings (SSSR count). The predicted octanol–water partition coefficient (Wildman–Crippen LogP) is 2.55. The number of anilines is 1. The molecule has 8 heteroatoms. The molecule has 0 atom stereocenters. The topological polar surface area (TPSA) is 53.2 Å². The lowest BCUT2D eigenvalue weighted by atomic mass is 10.2. The van der Waals surface area contributed by atoms with Crippen LogP contribution in [0, 0.1) is 0 Å². The van der Waals surface area contributed by atoms with Gasteiger partial charge in [0, 0.05) is 0 Å². The van der Waals surface area contributed by atoms with Crippen LogP contribution >= 0.6 is 11.6 Å². The van der Waals surface area contributed by atoms with Crippen molar-refractivity contribution in [1.29, 1.82) is 0 Å². The van der Waals surface area contributed by atoms with Gasteiger partial charge in [0.15, 0.2) is 0 Å². The van der Waals surface area contributed by atoms with Gasteiger partial charge in [-0.25, -0.2) is 5.43 Å². The van der Waals surface area contributed by atoms with Crippen LogP contribution in [0.3, 0.4) is 0 Å². The van der Waals surface area contributed by atoms with Crippen molar-refractivity contribution >= 4 is 23.2 Å². The summed E-state index contributed by atoms with van der Waals surface area (Å²) in [7, 11) is 1.64. The van der Waals surface area contributed by atoms with E-state index in [1.165, 1.54) is 0 Å². The summed E-state index contributed by atoms with van der Waals surface area (Å²) in [6.07, 6.45) is -3.16. The van der Waals surface area contributed by atoms with Gasteiger partial charge >= 0.3 is 6.18 Å². The summed E-state index contributed by atoms with van der Waals surface area (Å²) in [5.74, 6) is -0.325. The number of hydrogen-bond acceptors (Lipinski definition) is 3. The van der Waals surface area contributed by atoms with E-state index < -0.39 is 17.3 Å². The summed E-state index contributed by atoms with van der Waals surface area (Å²) in [5.41, 5.74) is 4.11. The zero-order chi connectivity index (χ0) is 15.0. The summed E-state index contributed by atoms with van der Waals surface area (Å²) in [5, 5.41) is 2.39. The molecule has 110 valence electrons. The zero-order valence-electron chi connectivity index (χ0n) is 10.6. The Morgan fingerprint density at radius 1 is 1.35 bits per heavy atom. The van der Waals surface area contributed by atoms with Gasteiger partial charge in [0.1, 0.15) is 5.54 Å². The highest BCUT2D eigenvalue weighted by Gasteiger charge is 2.49. The number of carbonyl (C=O) groups excluding carboxylic acids is 1. The van der Waals surface area contributed by atoms with Crippen molar-refractivity contribution in [3.05, 3.63) is 28.8 Å². The van der Waals surface area contributed by atoms with Crippen molar-refractivity contribution in [2.45, 2.75) is 24.6 Å². The Balaban J connectivity index is 2.13. The first-order valence-electron chi connectivity index (χ1n) is 5.91. The molecule has 4 nitrogen and oxygen atoms in total. The van der Waals surface area contributed by atoms with E-state index in [4.69, 9.17) is 11.6 Å². The van der Waals surface area contributed by atoms with Crippen molar-refractivity contribution in [1.82, 2.24) is 10.9 Å². The van der Waals surface area contributed by atoms with Crippen LogP contribution in [0.25, 0.3) is 0 Å². The Morgan fingerprint density at radius 2 is 2.00 bits per heavy atom. The van der Waals surface area contributed by atoms with Gasteiger partial charge in [0.25, 0.3) is 0 Å². The number of nitrogens with one attached hydrogen (secondary N) is 3. The van der Waals surface area contributed by atoms with Crippen molar-refractivity contribution < 1.29 is 18.0 Å². The number of hydrogen-bond donors (Lipinski definition) is 3. The van der Waals surface area contributed by atoms with E-state index >= 15 is 0 Å². The fourth-order valence-corrected chi connectivity index (χ4v) is 2.04. The van der Waals surface area contributed by atoms with Crippen molar-refractivity contribution in [2.24, 2.45) is 0 Å². The molecule has 3 N–H and O–H groups in total. The van der Waals surface area contributed by atoms with Crippen molar-refractivity contribution in [2.75, 3.05) is 12.4 Å². The van der Waals surface area contributed by atoms with Crippen LogP contribution < -0.4 is 16.2 Å². The Hall–Kier alpha value is -1.31. The molecule has 0 radical (unpaired) electrons. The summed E-state index contributed by atoms with van der Waals surface area (Å²) in [6, 6.07) is 2.83. The second kappa shape index (κ2) is 5.23. The molecular formula is C12H13ClF3N3O. The van der Waals surface area contributed by atoms with Gasteiger partial charge in [-0.3, -0.25) is 10.2 Å². The van der Waals surface area contributed by atoms with Gasteiger partial charge in [-0.1, -0.05) is 11.6 Å². The van der Waals surface area contributed by atoms with Gasteiger partial charge in [-0.15, -0.1) is 0 Å². The fraction of sp³-hybridized carbons (Fsp3) is 0.417. The molecule has 0 bridgehead atoms. The van der Waals surface area contributed by atoms with Crippen molar-refractivity contribution in [3.8, 4) is 0 Å². The molecular weight excluding hydrogens is 295 g/mol. The van der Waals surface area contributed by atoms with Crippen LogP contribution in [0.5, 0.6) is 0 Å². The number of rotatable bonds is 4. The first kappa shape index (κ1) is 15.1. The molecule has 1 aliphatic carbocycles. The maximum Gasteiger partial charge on any atom is 0.416 e. The fourth-order valence-electron chi connectivity index (χ4n) is 1.81. The van der Waals surface area contributed by atoms with E-state index in [2.05, 4.69) is 16.2 Å². The van der Waals surface area contributed by atoms with Crippen LogP contribution in [0.1, 0.15) is 18.4 Å².